The Hall–Kier alpha value is -0.490. The van der Waals surface area contributed by atoms with E-state index in [1.165, 1.54) is 4.52 Å². The van der Waals surface area contributed by atoms with Crippen molar-refractivity contribution in [2.24, 2.45) is 0 Å². The van der Waals surface area contributed by atoms with Crippen molar-refractivity contribution < 1.29 is 4.39 Å². The van der Waals surface area contributed by atoms with Crippen LogP contribution < -0.4 is 0 Å². The summed E-state index contributed by atoms with van der Waals surface area (Å²) in [6.45, 7) is 0. The average Bonchev–Trinajstić information content (AvgIpc) is 2.33. The molecule has 0 N–H and O–H groups in total. The molecule has 0 amide bonds. The van der Waals surface area contributed by atoms with Gasteiger partial charge in [0.2, 0.25) is 0 Å². The van der Waals surface area contributed by atoms with Gasteiger partial charge in [-0.05, 0) is 31.9 Å². The SMILES string of the molecule is Fc1cnn2c(Br)cc(Br)nc12. The largest absolute Gasteiger partial charge is 0.219 e. The van der Waals surface area contributed by atoms with Gasteiger partial charge in [0.15, 0.2) is 11.5 Å². The lowest BCUT2D eigenvalue weighted by Gasteiger charge is -1.96. The Labute approximate surface area is 83.9 Å². The van der Waals surface area contributed by atoms with E-state index in [-0.39, 0.29) is 5.65 Å². The van der Waals surface area contributed by atoms with Crippen molar-refractivity contribution in [3.8, 4) is 0 Å². The molecule has 0 spiro atoms. The first kappa shape index (κ1) is 8.12. The molecule has 2 rings (SSSR count). The summed E-state index contributed by atoms with van der Waals surface area (Å²) < 4.78 is 15.5. The summed E-state index contributed by atoms with van der Waals surface area (Å²) in [5.74, 6) is -0.433. The molecular weight excluding hydrogens is 293 g/mol. The third-order valence-corrected chi connectivity index (χ3v) is 2.33. The lowest BCUT2D eigenvalue weighted by molar-refractivity contribution is 0.635. The lowest BCUT2D eigenvalue weighted by Crippen LogP contribution is -1.92. The van der Waals surface area contributed by atoms with Crippen molar-refractivity contribution >= 4 is 37.5 Å². The molecule has 0 saturated carbocycles. The van der Waals surface area contributed by atoms with Crippen molar-refractivity contribution in [1.29, 1.82) is 0 Å². The monoisotopic (exact) mass is 293 g/mol. The van der Waals surface area contributed by atoms with E-state index in [1.54, 1.807) is 6.07 Å². The molecule has 0 fully saturated rings. The molecule has 12 heavy (non-hydrogen) atoms. The van der Waals surface area contributed by atoms with Gasteiger partial charge in [-0.1, -0.05) is 0 Å². The fourth-order valence-corrected chi connectivity index (χ4v) is 2.04. The van der Waals surface area contributed by atoms with Gasteiger partial charge in [0.05, 0.1) is 6.20 Å². The zero-order valence-corrected chi connectivity index (χ0v) is 8.80. The van der Waals surface area contributed by atoms with Gasteiger partial charge in [0.25, 0.3) is 0 Å². The molecule has 0 aliphatic carbocycles. The Kier molecular flexibility index (Phi) is 1.88. The Morgan fingerprint density at radius 1 is 1.42 bits per heavy atom. The van der Waals surface area contributed by atoms with E-state index in [0.29, 0.717) is 9.21 Å². The molecule has 0 aliphatic heterocycles. The highest BCUT2D eigenvalue weighted by molar-refractivity contribution is 9.11. The first-order chi connectivity index (χ1) is 5.68. The Balaban J connectivity index is 2.92. The first-order valence-corrected chi connectivity index (χ1v) is 4.62. The van der Waals surface area contributed by atoms with E-state index in [2.05, 4.69) is 41.9 Å². The summed E-state index contributed by atoms with van der Waals surface area (Å²) in [4.78, 5) is 3.91. The predicted molar refractivity (Wildman–Crippen MR) is 48.3 cm³/mol. The third-order valence-electron chi connectivity index (χ3n) is 1.35. The van der Waals surface area contributed by atoms with E-state index >= 15 is 0 Å². The molecule has 0 radical (unpaired) electrons. The fourth-order valence-electron chi connectivity index (χ4n) is 0.872. The van der Waals surface area contributed by atoms with Gasteiger partial charge in [-0.3, -0.25) is 0 Å². The molecule has 6 heteroatoms. The van der Waals surface area contributed by atoms with Crippen molar-refractivity contribution in [2.45, 2.75) is 0 Å². The van der Waals surface area contributed by atoms with Crippen LogP contribution in [0.1, 0.15) is 0 Å². The van der Waals surface area contributed by atoms with Crippen LogP contribution in [0, 0.1) is 5.82 Å². The second kappa shape index (κ2) is 2.77. The summed E-state index contributed by atoms with van der Waals surface area (Å²) in [5.41, 5.74) is 0.205. The van der Waals surface area contributed by atoms with Gasteiger partial charge in [0, 0.05) is 6.07 Å². The van der Waals surface area contributed by atoms with Crippen molar-refractivity contribution in [3.63, 3.8) is 0 Å². The number of hydrogen-bond donors (Lipinski definition) is 0. The number of fused-ring (bicyclic) bond motifs is 1. The fraction of sp³-hybridized carbons (Fsp3) is 0. The van der Waals surface area contributed by atoms with E-state index < -0.39 is 5.82 Å². The zero-order valence-electron chi connectivity index (χ0n) is 5.63. The maximum absolute atomic E-state index is 12.9. The van der Waals surface area contributed by atoms with Crippen LogP contribution in [-0.2, 0) is 0 Å². The summed E-state index contributed by atoms with van der Waals surface area (Å²) in [7, 11) is 0. The topological polar surface area (TPSA) is 30.2 Å². The van der Waals surface area contributed by atoms with Crippen LogP contribution in [0.5, 0.6) is 0 Å². The number of rotatable bonds is 0. The standard InChI is InChI=1S/C6H2Br2FN3/c7-4-1-5(8)12-6(11-4)3(9)2-10-12/h1-2H. The maximum Gasteiger partial charge on any atom is 0.193 e. The minimum atomic E-state index is -0.433. The minimum absolute atomic E-state index is 0.205. The van der Waals surface area contributed by atoms with Gasteiger partial charge >= 0.3 is 0 Å². The Morgan fingerprint density at radius 3 is 2.92 bits per heavy atom. The van der Waals surface area contributed by atoms with Crippen LogP contribution in [-0.4, -0.2) is 14.6 Å². The van der Waals surface area contributed by atoms with Crippen LogP contribution in [0.4, 0.5) is 4.39 Å². The number of nitrogens with zero attached hydrogens (tertiary/aromatic N) is 3. The second-order valence-electron chi connectivity index (χ2n) is 2.13. The number of hydrogen-bond acceptors (Lipinski definition) is 2. The molecule has 0 aromatic carbocycles. The normalized spacial score (nSPS) is 10.9. The summed E-state index contributed by atoms with van der Waals surface area (Å²) in [6.07, 6.45) is 1.12. The molecule has 2 aromatic rings. The number of halogens is 3. The highest BCUT2D eigenvalue weighted by atomic mass is 79.9. The van der Waals surface area contributed by atoms with E-state index in [4.69, 9.17) is 0 Å². The average molecular weight is 295 g/mol. The highest BCUT2D eigenvalue weighted by Crippen LogP contribution is 2.18. The van der Waals surface area contributed by atoms with Gasteiger partial charge in [0.1, 0.15) is 9.21 Å². The molecule has 2 aromatic heterocycles. The smallest absolute Gasteiger partial charge is 0.193 e. The van der Waals surface area contributed by atoms with Crippen molar-refractivity contribution in [2.75, 3.05) is 0 Å². The predicted octanol–water partition coefficient (Wildman–Crippen LogP) is 2.39. The highest BCUT2D eigenvalue weighted by Gasteiger charge is 2.07. The Morgan fingerprint density at radius 2 is 2.17 bits per heavy atom. The number of aromatic nitrogens is 3. The van der Waals surface area contributed by atoms with E-state index in [0.717, 1.165) is 6.20 Å². The van der Waals surface area contributed by atoms with Crippen molar-refractivity contribution in [1.82, 2.24) is 14.6 Å². The van der Waals surface area contributed by atoms with Gasteiger partial charge in [-0.2, -0.15) is 5.10 Å². The van der Waals surface area contributed by atoms with Crippen LogP contribution >= 0.6 is 31.9 Å². The molecule has 62 valence electrons. The molecule has 0 saturated heterocycles. The van der Waals surface area contributed by atoms with Crippen LogP contribution in [0.3, 0.4) is 0 Å². The molecule has 2 heterocycles. The van der Waals surface area contributed by atoms with Gasteiger partial charge < -0.3 is 0 Å². The lowest BCUT2D eigenvalue weighted by atomic mass is 10.6. The summed E-state index contributed by atoms with van der Waals surface area (Å²) >= 11 is 6.38. The van der Waals surface area contributed by atoms with Gasteiger partial charge in [-0.15, -0.1) is 0 Å². The molecule has 0 aliphatic rings. The Bertz CT molecular complexity index is 440. The van der Waals surface area contributed by atoms with Gasteiger partial charge in [-0.25, -0.2) is 13.9 Å². The molecule has 0 bridgehead atoms. The van der Waals surface area contributed by atoms with Crippen LogP contribution in [0.25, 0.3) is 5.65 Å². The van der Waals surface area contributed by atoms with E-state index in [9.17, 15) is 4.39 Å². The maximum atomic E-state index is 12.9. The second-order valence-corrected chi connectivity index (χ2v) is 3.75. The first-order valence-electron chi connectivity index (χ1n) is 3.04. The van der Waals surface area contributed by atoms with Crippen LogP contribution in [0.15, 0.2) is 21.5 Å². The van der Waals surface area contributed by atoms with Crippen LogP contribution in [0.2, 0.25) is 0 Å². The summed E-state index contributed by atoms with van der Waals surface area (Å²) in [5, 5.41) is 3.77. The quantitative estimate of drug-likeness (QED) is 0.699. The summed E-state index contributed by atoms with van der Waals surface area (Å²) in [6, 6.07) is 1.69. The molecule has 3 nitrogen and oxygen atoms in total. The molecule has 0 unspecified atom stereocenters. The molecular formula is C6H2Br2FN3. The zero-order chi connectivity index (χ0) is 8.72. The molecule has 0 atom stereocenters. The minimum Gasteiger partial charge on any atom is -0.219 e. The van der Waals surface area contributed by atoms with E-state index in [1.807, 2.05) is 0 Å². The van der Waals surface area contributed by atoms with Crippen molar-refractivity contribution in [3.05, 3.63) is 27.3 Å². The third kappa shape index (κ3) is 1.15.